The van der Waals surface area contributed by atoms with E-state index < -0.39 is 30.6 Å². The van der Waals surface area contributed by atoms with Gasteiger partial charge in [0.2, 0.25) is 0 Å². The Labute approximate surface area is 152 Å². The van der Waals surface area contributed by atoms with Crippen molar-refractivity contribution in [3.05, 3.63) is 71.8 Å². The van der Waals surface area contributed by atoms with Crippen LogP contribution in [0.1, 0.15) is 15.9 Å². The summed E-state index contributed by atoms with van der Waals surface area (Å²) in [6, 6.07) is 18.2. The number of rotatable bonds is 6. The molecule has 1 fully saturated rings. The molecule has 1 N–H and O–H groups in total. The molecule has 138 valence electrons. The quantitative estimate of drug-likeness (QED) is 0.798. The molecule has 4 atom stereocenters. The maximum absolute atomic E-state index is 12.2. The molecule has 0 bridgehead atoms. The van der Waals surface area contributed by atoms with E-state index in [9.17, 15) is 9.90 Å². The van der Waals surface area contributed by atoms with Gasteiger partial charge in [0.1, 0.15) is 12.2 Å². The molecule has 0 aromatic heterocycles. The zero-order valence-corrected chi connectivity index (χ0v) is 14.5. The molecule has 6 nitrogen and oxygen atoms in total. The van der Waals surface area contributed by atoms with Crippen molar-refractivity contribution >= 4 is 5.97 Å². The Kier molecular flexibility index (Phi) is 6.35. The summed E-state index contributed by atoms with van der Waals surface area (Å²) >= 11 is 0. The summed E-state index contributed by atoms with van der Waals surface area (Å²) in [7, 11) is 1.48. The average molecular weight is 358 g/mol. The fraction of sp³-hybridized carbons (Fsp3) is 0.350. The van der Waals surface area contributed by atoms with Gasteiger partial charge in [-0.3, -0.25) is 0 Å². The molecule has 0 aliphatic carbocycles. The zero-order chi connectivity index (χ0) is 18.4. The highest BCUT2D eigenvalue weighted by molar-refractivity contribution is 5.89. The van der Waals surface area contributed by atoms with Crippen LogP contribution in [0, 0.1) is 0 Å². The number of hydrogen-bond donors (Lipinski definition) is 1. The van der Waals surface area contributed by atoms with Gasteiger partial charge < -0.3 is 24.1 Å². The molecule has 0 amide bonds. The number of carbonyl (C=O) groups excluding carboxylic acids is 1. The molecule has 1 aliphatic rings. The Hall–Kier alpha value is -2.25. The van der Waals surface area contributed by atoms with E-state index in [1.165, 1.54) is 7.11 Å². The van der Waals surface area contributed by atoms with Gasteiger partial charge in [-0.25, -0.2) is 4.79 Å². The summed E-state index contributed by atoms with van der Waals surface area (Å²) in [5.74, 6) is -0.518. The first-order valence-electron chi connectivity index (χ1n) is 8.43. The van der Waals surface area contributed by atoms with Crippen molar-refractivity contribution in [2.24, 2.45) is 0 Å². The molecule has 0 unspecified atom stereocenters. The highest BCUT2D eigenvalue weighted by Crippen LogP contribution is 2.23. The van der Waals surface area contributed by atoms with E-state index in [2.05, 4.69) is 0 Å². The van der Waals surface area contributed by atoms with Crippen LogP contribution in [0.3, 0.4) is 0 Å². The second-order valence-corrected chi connectivity index (χ2v) is 6.00. The number of aliphatic hydroxyl groups excluding tert-OH is 1. The molecular formula is C20H22O6. The first-order chi connectivity index (χ1) is 12.7. The Bertz CT molecular complexity index is 690. The third-order valence-electron chi connectivity index (χ3n) is 4.20. The molecule has 0 radical (unpaired) electrons. The van der Waals surface area contributed by atoms with E-state index in [0.717, 1.165) is 5.56 Å². The van der Waals surface area contributed by atoms with Gasteiger partial charge in [0.25, 0.3) is 0 Å². The van der Waals surface area contributed by atoms with E-state index in [4.69, 9.17) is 18.9 Å². The van der Waals surface area contributed by atoms with E-state index in [-0.39, 0.29) is 13.2 Å². The lowest BCUT2D eigenvalue weighted by Crippen LogP contribution is -2.55. The van der Waals surface area contributed by atoms with Crippen LogP contribution >= 0.6 is 0 Å². The lowest BCUT2D eigenvalue weighted by atomic mass is 10.0. The van der Waals surface area contributed by atoms with Gasteiger partial charge in [0.05, 0.1) is 18.8 Å². The summed E-state index contributed by atoms with van der Waals surface area (Å²) in [6.45, 7) is 0.314. The fourth-order valence-electron chi connectivity index (χ4n) is 2.79. The molecular weight excluding hydrogens is 336 g/mol. The van der Waals surface area contributed by atoms with E-state index in [1.807, 2.05) is 36.4 Å². The van der Waals surface area contributed by atoms with Crippen LogP contribution in [0.5, 0.6) is 0 Å². The van der Waals surface area contributed by atoms with Crippen molar-refractivity contribution in [3.8, 4) is 0 Å². The second kappa shape index (κ2) is 8.91. The van der Waals surface area contributed by atoms with Crippen LogP contribution < -0.4 is 0 Å². The predicted octanol–water partition coefficient (Wildman–Crippen LogP) is 2.16. The first kappa shape index (κ1) is 18.5. The molecule has 1 heterocycles. The number of ether oxygens (including phenoxy) is 4. The van der Waals surface area contributed by atoms with Crippen LogP contribution in [0.2, 0.25) is 0 Å². The number of methoxy groups -OCH3 is 1. The summed E-state index contributed by atoms with van der Waals surface area (Å²) in [5.41, 5.74) is 1.37. The normalized spacial score (nSPS) is 25.6. The summed E-state index contributed by atoms with van der Waals surface area (Å²) < 4.78 is 22.0. The molecule has 0 saturated carbocycles. The molecule has 1 saturated heterocycles. The lowest BCUT2D eigenvalue weighted by molar-refractivity contribution is -0.275. The van der Waals surface area contributed by atoms with Gasteiger partial charge in [0.15, 0.2) is 12.4 Å². The predicted molar refractivity (Wildman–Crippen MR) is 93.4 cm³/mol. The van der Waals surface area contributed by atoms with Crippen molar-refractivity contribution in [3.63, 3.8) is 0 Å². The molecule has 26 heavy (non-hydrogen) atoms. The topological polar surface area (TPSA) is 74.2 Å². The molecule has 3 rings (SSSR count). The van der Waals surface area contributed by atoms with Gasteiger partial charge in [-0.15, -0.1) is 0 Å². The number of hydrogen-bond acceptors (Lipinski definition) is 6. The van der Waals surface area contributed by atoms with Crippen molar-refractivity contribution in [1.82, 2.24) is 0 Å². The summed E-state index contributed by atoms with van der Waals surface area (Å²) in [6.07, 6.45) is -3.41. The van der Waals surface area contributed by atoms with E-state index >= 15 is 0 Å². The van der Waals surface area contributed by atoms with Crippen molar-refractivity contribution in [1.29, 1.82) is 0 Å². The standard InChI is InChI=1S/C20H22O6/c1-23-20-18(24-12-14-8-4-2-5-9-14)17(21)16(13-25-20)26-19(22)15-10-6-3-7-11-15/h2-11,16-18,20-21H,12-13H2,1H3/t16-,17+,18+,20+/m0/s1. The Morgan fingerprint density at radius 3 is 2.42 bits per heavy atom. The second-order valence-electron chi connectivity index (χ2n) is 6.00. The lowest BCUT2D eigenvalue weighted by Gasteiger charge is -2.38. The number of carbonyl (C=O) groups is 1. The minimum absolute atomic E-state index is 0.0312. The van der Waals surface area contributed by atoms with Gasteiger partial charge in [0, 0.05) is 7.11 Å². The fourth-order valence-corrected chi connectivity index (χ4v) is 2.79. The Balaban J connectivity index is 1.64. The van der Waals surface area contributed by atoms with Gasteiger partial charge in [-0.05, 0) is 17.7 Å². The van der Waals surface area contributed by atoms with Crippen molar-refractivity contribution < 1.29 is 28.8 Å². The van der Waals surface area contributed by atoms with Gasteiger partial charge in [-0.1, -0.05) is 48.5 Å². The molecule has 2 aromatic rings. The van der Waals surface area contributed by atoms with Gasteiger partial charge >= 0.3 is 5.97 Å². The highest BCUT2D eigenvalue weighted by Gasteiger charge is 2.42. The van der Waals surface area contributed by atoms with Crippen LogP contribution in [0.4, 0.5) is 0 Å². The summed E-state index contributed by atoms with van der Waals surface area (Å²) in [5, 5.41) is 10.6. The number of benzene rings is 2. The van der Waals surface area contributed by atoms with Crippen LogP contribution in [0.25, 0.3) is 0 Å². The Morgan fingerprint density at radius 2 is 1.77 bits per heavy atom. The maximum Gasteiger partial charge on any atom is 0.338 e. The van der Waals surface area contributed by atoms with E-state index in [1.54, 1.807) is 24.3 Å². The third-order valence-corrected chi connectivity index (χ3v) is 4.20. The first-order valence-corrected chi connectivity index (χ1v) is 8.43. The number of esters is 1. The maximum atomic E-state index is 12.2. The minimum atomic E-state index is -1.06. The van der Waals surface area contributed by atoms with Gasteiger partial charge in [-0.2, -0.15) is 0 Å². The zero-order valence-electron chi connectivity index (χ0n) is 14.5. The molecule has 1 aliphatic heterocycles. The average Bonchev–Trinajstić information content (AvgIpc) is 2.70. The largest absolute Gasteiger partial charge is 0.453 e. The Morgan fingerprint density at radius 1 is 1.12 bits per heavy atom. The van der Waals surface area contributed by atoms with E-state index in [0.29, 0.717) is 5.56 Å². The van der Waals surface area contributed by atoms with Crippen molar-refractivity contribution in [2.75, 3.05) is 13.7 Å². The third kappa shape index (κ3) is 4.47. The van der Waals surface area contributed by atoms with Crippen molar-refractivity contribution in [2.45, 2.75) is 31.2 Å². The molecule has 6 heteroatoms. The SMILES string of the molecule is CO[C@@H]1OC[C@H](OC(=O)c2ccccc2)[C@@H](O)[C@H]1OCc1ccccc1. The molecule has 0 spiro atoms. The molecule has 2 aromatic carbocycles. The van der Waals surface area contributed by atoms with Crippen LogP contribution in [0.15, 0.2) is 60.7 Å². The minimum Gasteiger partial charge on any atom is -0.453 e. The van der Waals surface area contributed by atoms with Crippen LogP contribution in [-0.4, -0.2) is 49.4 Å². The smallest absolute Gasteiger partial charge is 0.338 e. The number of aliphatic hydroxyl groups is 1. The highest BCUT2D eigenvalue weighted by atomic mass is 16.7. The monoisotopic (exact) mass is 358 g/mol. The summed E-state index contributed by atoms with van der Waals surface area (Å²) in [4.78, 5) is 12.2. The van der Waals surface area contributed by atoms with Crippen LogP contribution in [-0.2, 0) is 25.6 Å².